The Hall–Kier alpha value is -5.84. The molecule has 42 heavy (non-hydrogen) atoms. The van der Waals surface area contributed by atoms with Gasteiger partial charge in [0.2, 0.25) is 11.7 Å². The summed E-state index contributed by atoms with van der Waals surface area (Å²) in [4.78, 5) is 30.1. The van der Waals surface area contributed by atoms with Crippen molar-refractivity contribution in [3.63, 3.8) is 0 Å². The van der Waals surface area contributed by atoms with Crippen LogP contribution >= 0.6 is 0 Å². The van der Waals surface area contributed by atoms with E-state index in [0.717, 1.165) is 11.3 Å². The van der Waals surface area contributed by atoms with Crippen LogP contribution in [0.5, 0.6) is 17.2 Å². The van der Waals surface area contributed by atoms with Crippen LogP contribution in [0.3, 0.4) is 0 Å². The van der Waals surface area contributed by atoms with Gasteiger partial charge in [-0.3, -0.25) is 20.4 Å². The molecule has 0 unspecified atom stereocenters. The van der Waals surface area contributed by atoms with Crippen LogP contribution in [0.25, 0.3) is 17.1 Å². The largest absolute Gasteiger partial charge is 0.493 e. The summed E-state index contributed by atoms with van der Waals surface area (Å²) in [6.45, 7) is 0. The van der Waals surface area contributed by atoms with Gasteiger partial charge in [-0.2, -0.15) is 4.98 Å². The van der Waals surface area contributed by atoms with Gasteiger partial charge in [-0.25, -0.2) is 4.68 Å². The number of para-hydroxylation sites is 1. The molecular formula is C31H28N6O5. The van der Waals surface area contributed by atoms with Crippen LogP contribution in [0.4, 0.5) is 11.6 Å². The Labute approximate surface area is 242 Å². The monoisotopic (exact) mass is 564 g/mol. The molecule has 0 radical (unpaired) electrons. The first kappa shape index (κ1) is 27.7. The van der Waals surface area contributed by atoms with Crippen molar-refractivity contribution >= 4 is 23.5 Å². The molecule has 0 aliphatic rings. The van der Waals surface area contributed by atoms with E-state index in [1.54, 1.807) is 28.9 Å². The summed E-state index contributed by atoms with van der Waals surface area (Å²) in [5.41, 5.74) is 7.83. The average Bonchev–Trinajstić information content (AvgIpc) is 3.47. The number of methoxy groups -OCH3 is 3. The number of anilines is 2. The summed E-state index contributed by atoms with van der Waals surface area (Å²) >= 11 is 0. The van der Waals surface area contributed by atoms with E-state index >= 15 is 0 Å². The molecule has 5 rings (SSSR count). The molecule has 2 amide bonds. The van der Waals surface area contributed by atoms with Crippen molar-refractivity contribution in [2.24, 2.45) is 0 Å². The van der Waals surface area contributed by atoms with E-state index in [1.165, 1.54) is 33.5 Å². The zero-order valence-electron chi connectivity index (χ0n) is 23.1. The third-order valence-electron chi connectivity index (χ3n) is 6.26. The number of carbonyl (C=O) groups excluding carboxylic acids is 2. The Bertz CT molecular complexity index is 1610. The molecule has 0 aliphatic heterocycles. The van der Waals surface area contributed by atoms with Crippen molar-refractivity contribution in [3.05, 3.63) is 108 Å². The Morgan fingerprint density at radius 3 is 1.83 bits per heavy atom. The normalized spacial score (nSPS) is 10.5. The van der Waals surface area contributed by atoms with Crippen molar-refractivity contribution in [1.29, 1.82) is 0 Å². The Balaban J connectivity index is 1.27. The lowest BCUT2D eigenvalue weighted by Gasteiger charge is -2.14. The predicted octanol–water partition coefficient (Wildman–Crippen LogP) is 4.78. The maximum Gasteiger partial charge on any atom is 0.269 e. The second-order valence-electron chi connectivity index (χ2n) is 8.90. The van der Waals surface area contributed by atoms with Crippen molar-refractivity contribution in [1.82, 2.24) is 25.6 Å². The van der Waals surface area contributed by atoms with E-state index in [2.05, 4.69) is 21.3 Å². The van der Waals surface area contributed by atoms with Gasteiger partial charge in [0.05, 0.1) is 27.0 Å². The summed E-state index contributed by atoms with van der Waals surface area (Å²) in [7, 11) is 4.37. The number of ether oxygens (including phenoxy) is 3. The molecule has 0 fully saturated rings. The number of nitrogens with one attached hydrogen (secondary N) is 3. The number of rotatable bonds is 9. The summed E-state index contributed by atoms with van der Waals surface area (Å²) < 4.78 is 17.6. The van der Waals surface area contributed by atoms with Crippen LogP contribution in [0.15, 0.2) is 97.1 Å². The fourth-order valence-corrected chi connectivity index (χ4v) is 4.19. The van der Waals surface area contributed by atoms with Gasteiger partial charge < -0.3 is 19.5 Å². The standard InChI is InChI=1S/C31H28N6O5/c1-40-25-18-22(19-26(41-2)27(25)42-3)30(39)35-34-29(38)21-14-16-23(17-15-21)32-31-33-28(20-10-6-4-7-11-20)37(36-31)24-12-8-5-9-13-24/h4-19H,1-3H3,(H,32,36)(H,34,38)(H,35,39). The molecule has 0 aliphatic carbocycles. The van der Waals surface area contributed by atoms with Gasteiger partial charge >= 0.3 is 0 Å². The predicted molar refractivity (Wildman–Crippen MR) is 158 cm³/mol. The molecule has 5 aromatic rings. The summed E-state index contributed by atoms with van der Waals surface area (Å²) in [6, 6.07) is 29.2. The molecular weight excluding hydrogens is 536 g/mol. The molecule has 11 nitrogen and oxygen atoms in total. The zero-order chi connectivity index (χ0) is 29.5. The van der Waals surface area contributed by atoms with Crippen LogP contribution in [0.1, 0.15) is 20.7 Å². The van der Waals surface area contributed by atoms with E-state index in [9.17, 15) is 9.59 Å². The molecule has 11 heteroatoms. The quantitative estimate of drug-likeness (QED) is 0.218. The van der Waals surface area contributed by atoms with Crippen molar-refractivity contribution < 1.29 is 23.8 Å². The number of benzene rings is 4. The van der Waals surface area contributed by atoms with Crippen molar-refractivity contribution in [3.8, 4) is 34.3 Å². The minimum absolute atomic E-state index is 0.210. The van der Waals surface area contributed by atoms with Gasteiger partial charge in [0.25, 0.3) is 11.8 Å². The van der Waals surface area contributed by atoms with E-state index in [0.29, 0.717) is 40.3 Å². The van der Waals surface area contributed by atoms with E-state index in [1.807, 2.05) is 60.7 Å². The summed E-state index contributed by atoms with van der Waals surface area (Å²) in [5.74, 6) is 1.00. The van der Waals surface area contributed by atoms with Crippen LogP contribution in [-0.2, 0) is 0 Å². The minimum Gasteiger partial charge on any atom is -0.493 e. The Morgan fingerprint density at radius 1 is 0.690 bits per heavy atom. The number of aromatic nitrogens is 3. The number of nitrogens with zero attached hydrogens (tertiary/aromatic N) is 3. The molecule has 0 bridgehead atoms. The van der Waals surface area contributed by atoms with Crippen molar-refractivity contribution in [2.45, 2.75) is 0 Å². The fraction of sp³-hybridized carbons (Fsp3) is 0.0968. The number of hydrazine groups is 1. The lowest BCUT2D eigenvalue weighted by molar-refractivity contribution is 0.0846. The molecule has 1 heterocycles. The SMILES string of the molecule is COc1cc(C(=O)NNC(=O)c2ccc(Nc3nc(-c4ccccc4)n(-c4ccccc4)n3)cc2)cc(OC)c1OC. The van der Waals surface area contributed by atoms with Gasteiger partial charge in [-0.1, -0.05) is 48.5 Å². The molecule has 212 valence electrons. The third-order valence-corrected chi connectivity index (χ3v) is 6.26. The van der Waals surface area contributed by atoms with Crippen LogP contribution < -0.4 is 30.4 Å². The smallest absolute Gasteiger partial charge is 0.269 e. The second-order valence-corrected chi connectivity index (χ2v) is 8.90. The van der Waals surface area contributed by atoms with Gasteiger partial charge in [-0.15, -0.1) is 5.10 Å². The molecule has 0 saturated heterocycles. The molecule has 4 aromatic carbocycles. The summed E-state index contributed by atoms with van der Waals surface area (Å²) in [6.07, 6.45) is 0. The molecule has 3 N–H and O–H groups in total. The van der Waals surface area contributed by atoms with Gasteiger partial charge in [0, 0.05) is 22.4 Å². The molecule has 0 atom stereocenters. The van der Waals surface area contributed by atoms with E-state index < -0.39 is 11.8 Å². The first-order chi connectivity index (χ1) is 20.5. The minimum atomic E-state index is -0.560. The first-order valence-electron chi connectivity index (χ1n) is 12.9. The Kier molecular flexibility index (Phi) is 8.29. The van der Waals surface area contributed by atoms with Crippen LogP contribution in [-0.4, -0.2) is 47.9 Å². The first-order valence-corrected chi connectivity index (χ1v) is 12.9. The van der Waals surface area contributed by atoms with E-state index in [-0.39, 0.29) is 5.56 Å². The number of carbonyl (C=O) groups is 2. The third kappa shape index (κ3) is 5.99. The molecule has 0 spiro atoms. The lowest BCUT2D eigenvalue weighted by Crippen LogP contribution is -2.41. The maximum atomic E-state index is 12.7. The fourth-order valence-electron chi connectivity index (χ4n) is 4.19. The number of hydrogen-bond donors (Lipinski definition) is 3. The topological polar surface area (TPSA) is 129 Å². The molecule has 1 aromatic heterocycles. The molecule has 0 saturated carbocycles. The number of hydrogen-bond acceptors (Lipinski definition) is 8. The highest BCUT2D eigenvalue weighted by Crippen LogP contribution is 2.38. The maximum absolute atomic E-state index is 12.7. The second kappa shape index (κ2) is 12.6. The van der Waals surface area contributed by atoms with Crippen LogP contribution in [0, 0.1) is 0 Å². The number of amides is 2. The van der Waals surface area contributed by atoms with E-state index in [4.69, 9.17) is 19.2 Å². The Morgan fingerprint density at radius 2 is 1.26 bits per heavy atom. The van der Waals surface area contributed by atoms with Gasteiger partial charge in [0.15, 0.2) is 17.3 Å². The van der Waals surface area contributed by atoms with Gasteiger partial charge in [0.1, 0.15) is 0 Å². The lowest BCUT2D eigenvalue weighted by atomic mass is 10.1. The highest BCUT2D eigenvalue weighted by Gasteiger charge is 2.18. The van der Waals surface area contributed by atoms with Gasteiger partial charge in [-0.05, 0) is 48.5 Å². The van der Waals surface area contributed by atoms with Crippen LogP contribution in [0.2, 0.25) is 0 Å². The summed E-state index contributed by atoms with van der Waals surface area (Å²) in [5, 5.41) is 7.86. The highest BCUT2D eigenvalue weighted by atomic mass is 16.5. The average molecular weight is 565 g/mol. The van der Waals surface area contributed by atoms with Crippen molar-refractivity contribution in [2.75, 3.05) is 26.6 Å². The zero-order valence-corrected chi connectivity index (χ0v) is 23.1. The highest BCUT2D eigenvalue weighted by molar-refractivity contribution is 5.99.